The van der Waals surface area contributed by atoms with Crippen LogP contribution in [0.15, 0.2) is 6.20 Å². The average molecular weight is 309 g/mol. The van der Waals surface area contributed by atoms with Crippen LogP contribution in [-0.2, 0) is 0 Å². The Labute approximate surface area is 129 Å². The van der Waals surface area contributed by atoms with E-state index in [1.807, 2.05) is 13.1 Å². The lowest BCUT2D eigenvalue weighted by molar-refractivity contribution is 0.117. The zero-order valence-corrected chi connectivity index (χ0v) is 13.2. The van der Waals surface area contributed by atoms with Gasteiger partial charge in [0.1, 0.15) is 5.01 Å². The van der Waals surface area contributed by atoms with Gasteiger partial charge in [-0.3, -0.25) is 0 Å². The van der Waals surface area contributed by atoms with Gasteiger partial charge in [-0.25, -0.2) is 9.78 Å². The predicted molar refractivity (Wildman–Crippen MR) is 82.2 cm³/mol. The van der Waals surface area contributed by atoms with Crippen molar-refractivity contribution in [2.45, 2.75) is 63.6 Å². The zero-order valence-electron chi connectivity index (χ0n) is 12.3. The molecular weight excluding hydrogens is 286 g/mol. The number of carbonyl (C=O) groups excluding carboxylic acids is 1. The van der Waals surface area contributed by atoms with Crippen LogP contribution in [0.2, 0.25) is 0 Å². The van der Waals surface area contributed by atoms with Gasteiger partial charge in [0.2, 0.25) is 0 Å². The quantitative estimate of drug-likeness (QED) is 0.800. The van der Waals surface area contributed by atoms with Crippen molar-refractivity contribution in [3.63, 3.8) is 0 Å². The second-order valence-electron chi connectivity index (χ2n) is 6.25. The van der Waals surface area contributed by atoms with E-state index in [9.17, 15) is 9.90 Å². The minimum absolute atomic E-state index is 0.0536. The first-order chi connectivity index (χ1) is 10.1. The van der Waals surface area contributed by atoms with Gasteiger partial charge in [-0.05, 0) is 51.4 Å². The molecule has 0 aromatic carbocycles. The van der Waals surface area contributed by atoms with Crippen molar-refractivity contribution in [1.29, 1.82) is 0 Å². The summed E-state index contributed by atoms with van der Waals surface area (Å²) in [6, 6.07) is 0.144. The molecule has 0 aliphatic heterocycles. The number of hydrogen-bond acceptors (Lipinski definition) is 4. The molecule has 0 bridgehead atoms. The lowest BCUT2D eigenvalue weighted by Crippen LogP contribution is -2.45. The van der Waals surface area contributed by atoms with Gasteiger partial charge in [-0.1, -0.05) is 0 Å². The SMILES string of the molecule is Cc1cnc(C(NC(=O)NC2CCC(O)CC2)C2CC2)s1. The van der Waals surface area contributed by atoms with Crippen LogP contribution in [0.5, 0.6) is 0 Å². The summed E-state index contributed by atoms with van der Waals surface area (Å²) in [5, 5.41) is 16.7. The number of nitrogens with zero attached hydrogens (tertiary/aromatic N) is 1. The third-order valence-electron chi connectivity index (χ3n) is 4.32. The van der Waals surface area contributed by atoms with Crippen molar-refractivity contribution in [1.82, 2.24) is 15.6 Å². The number of aromatic nitrogens is 1. The molecule has 1 heterocycles. The number of urea groups is 1. The number of carbonyl (C=O) groups is 1. The van der Waals surface area contributed by atoms with E-state index in [0.717, 1.165) is 30.7 Å². The first kappa shape index (κ1) is 14.8. The van der Waals surface area contributed by atoms with Gasteiger partial charge in [0.05, 0.1) is 12.1 Å². The number of thiazole rings is 1. The van der Waals surface area contributed by atoms with E-state index in [4.69, 9.17) is 0 Å². The Morgan fingerprint density at radius 1 is 1.33 bits per heavy atom. The first-order valence-electron chi connectivity index (χ1n) is 7.79. The van der Waals surface area contributed by atoms with Crippen LogP contribution in [-0.4, -0.2) is 28.3 Å². The van der Waals surface area contributed by atoms with Crippen molar-refractivity contribution in [3.8, 4) is 0 Å². The Morgan fingerprint density at radius 2 is 2.05 bits per heavy atom. The van der Waals surface area contributed by atoms with Gasteiger partial charge in [-0.2, -0.15) is 0 Å². The third kappa shape index (κ3) is 3.95. The summed E-state index contributed by atoms with van der Waals surface area (Å²) in [6.45, 7) is 2.04. The lowest BCUT2D eigenvalue weighted by Gasteiger charge is -2.27. The van der Waals surface area contributed by atoms with Crippen LogP contribution in [0.1, 0.15) is 54.5 Å². The minimum atomic E-state index is -0.191. The number of aryl methyl sites for hydroxylation is 1. The van der Waals surface area contributed by atoms with Gasteiger partial charge in [0, 0.05) is 17.1 Å². The molecule has 1 atom stereocenters. The summed E-state index contributed by atoms with van der Waals surface area (Å²) in [6.07, 6.45) is 7.29. The molecule has 1 unspecified atom stereocenters. The number of aliphatic hydroxyl groups is 1. The smallest absolute Gasteiger partial charge is 0.315 e. The summed E-state index contributed by atoms with van der Waals surface area (Å²) in [4.78, 5) is 17.8. The van der Waals surface area contributed by atoms with E-state index in [2.05, 4.69) is 15.6 Å². The second-order valence-corrected chi connectivity index (χ2v) is 7.51. The van der Waals surface area contributed by atoms with E-state index in [1.54, 1.807) is 11.3 Å². The second kappa shape index (κ2) is 6.32. The lowest BCUT2D eigenvalue weighted by atomic mass is 9.93. The maximum atomic E-state index is 12.2. The Balaban J connectivity index is 1.54. The molecule has 0 saturated heterocycles. The van der Waals surface area contributed by atoms with Crippen molar-refractivity contribution in [3.05, 3.63) is 16.1 Å². The molecule has 3 rings (SSSR count). The van der Waals surface area contributed by atoms with Crippen LogP contribution in [0.4, 0.5) is 4.79 Å². The third-order valence-corrected chi connectivity index (χ3v) is 5.31. The molecular formula is C15H23N3O2S. The number of rotatable bonds is 4. The van der Waals surface area contributed by atoms with Gasteiger partial charge < -0.3 is 15.7 Å². The molecule has 21 heavy (non-hydrogen) atoms. The molecule has 1 aromatic heterocycles. The fourth-order valence-electron chi connectivity index (χ4n) is 2.92. The van der Waals surface area contributed by atoms with Crippen molar-refractivity contribution in [2.24, 2.45) is 5.92 Å². The molecule has 1 aromatic rings. The number of nitrogens with one attached hydrogen (secondary N) is 2. The Morgan fingerprint density at radius 3 is 2.62 bits per heavy atom. The first-order valence-corrected chi connectivity index (χ1v) is 8.61. The Bertz CT molecular complexity index is 493. The van der Waals surface area contributed by atoms with Gasteiger partial charge in [-0.15, -0.1) is 11.3 Å². The maximum absolute atomic E-state index is 12.2. The number of hydrogen-bond donors (Lipinski definition) is 3. The molecule has 2 saturated carbocycles. The molecule has 116 valence electrons. The summed E-state index contributed by atoms with van der Waals surface area (Å²) in [5.74, 6) is 0.537. The molecule has 0 spiro atoms. The van der Waals surface area contributed by atoms with Crippen LogP contribution >= 0.6 is 11.3 Å². The fraction of sp³-hybridized carbons (Fsp3) is 0.733. The molecule has 2 aliphatic rings. The highest BCUT2D eigenvalue weighted by molar-refractivity contribution is 7.11. The van der Waals surface area contributed by atoms with Crippen molar-refractivity contribution >= 4 is 17.4 Å². The number of aliphatic hydroxyl groups excluding tert-OH is 1. The molecule has 6 heteroatoms. The van der Waals surface area contributed by atoms with Gasteiger partial charge >= 0.3 is 6.03 Å². The van der Waals surface area contributed by atoms with E-state index in [-0.39, 0.29) is 24.2 Å². The number of amides is 2. The zero-order chi connectivity index (χ0) is 14.8. The summed E-state index contributed by atoms with van der Waals surface area (Å²) < 4.78 is 0. The van der Waals surface area contributed by atoms with Crippen LogP contribution in [0, 0.1) is 12.8 Å². The normalized spacial score (nSPS) is 27.1. The van der Waals surface area contributed by atoms with Crippen molar-refractivity contribution in [2.75, 3.05) is 0 Å². The molecule has 3 N–H and O–H groups in total. The monoisotopic (exact) mass is 309 g/mol. The maximum Gasteiger partial charge on any atom is 0.315 e. The van der Waals surface area contributed by atoms with Crippen LogP contribution in [0.25, 0.3) is 0 Å². The predicted octanol–water partition coefficient (Wildman–Crippen LogP) is 2.51. The molecule has 2 aliphatic carbocycles. The van der Waals surface area contributed by atoms with E-state index in [1.165, 1.54) is 17.7 Å². The van der Waals surface area contributed by atoms with Gasteiger partial charge in [0.25, 0.3) is 0 Å². The highest BCUT2D eigenvalue weighted by atomic mass is 32.1. The topological polar surface area (TPSA) is 74.2 Å². The van der Waals surface area contributed by atoms with Crippen LogP contribution < -0.4 is 10.6 Å². The Hall–Kier alpha value is -1.14. The summed E-state index contributed by atoms with van der Waals surface area (Å²) in [5.41, 5.74) is 0. The highest BCUT2D eigenvalue weighted by Gasteiger charge is 2.35. The van der Waals surface area contributed by atoms with Gasteiger partial charge in [0.15, 0.2) is 0 Å². The van der Waals surface area contributed by atoms with Crippen molar-refractivity contribution < 1.29 is 9.90 Å². The molecule has 5 nitrogen and oxygen atoms in total. The van der Waals surface area contributed by atoms with Crippen LogP contribution in [0.3, 0.4) is 0 Å². The molecule has 2 fully saturated rings. The van der Waals surface area contributed by atoms with E-state index in [0.29, 0.717) is 5.92 Å². The highest BCUT2D eigenvalue weighted by Crippen LogP contribution is 2.42. The molecule has 2 amide bonds. The minimum Gasteiger partial charge on any atom is -0.393 e. The Kier molecular flexibility index (Phi) is 4.45. The summed E-state index contributed by atoms with van der Waals surface area (Å²) in [7, 11) is 0. The summed E-state index contributed by atoms with van der Waals surface area (Å²) >= 11 is 1.67. The van der Waals surface area contributed by atoms with E-state index >= 15 is 0 Å². The fourth-order valence-corrected chi connectivity index (χ4v) is 3.83. The largest absolute Gasteiger partial charge is 0.393 e. The average Bonchev–Trinajstić information content (AvgIpc) is 3.21. The molecule has 0 radical (unpaired) electrons. The van der Waals surface area contributed by atoms with E-state index < -0.39 is 0 Å². The standard InChI is InChI=1S/C15H23N3O2S/c1-9-8-16-14(21-9)13(10-2-3-10)18-15(20)17-11-4-6-12(19)7-5-11/h8,10-13,19H,2-7H2,1H3,(H2,17,18,20).